The summed E-state index contributed by atoms with van der Waals surface area (Å²) in [6, 6.07) is 25.6. The molecule has 0 saturated carbocycles. The number of furan rings is 1. The molecule has 0 aliphatic heterocycles. The smallest absolute Gasteiger partial charge is 0.230 e. The number of nitrogens with zero attached hydrogens (tertiary/aromatic N) is 3. The average Bonchev–Trinajstić information content (AvgIpc) is 3.57. The summed E-state index contributed by atoms with van der Waals surface area (Å²) in [6.45, 7) is 2.45. The molecular formula is C28H26N4O3S. The van der Waals surface area contributed by atoms with Crippen LogP contribution < -0.4 is 10.1 Å². The van der Waals surface area contributed by atoms with E-state index in [1.807, 2.05) is 66.1 Å². The third-order valence-corrected chi connectivity index (χ3v) is 6.91. The van der Waals surface area contributed by atoms with Crippen molar-refractivity contribution in [2.45, 2.75) is 24.7 Å². The lowest BCUT2D eigenvalue weighted by atomic mass is 10.00. The van der Waals surface area contributed by atoms with Crippen LogP contribution in [-0.2, 0) is 11.3 Å². The number of benzene rings is 3. The number of rotatable bonds is 9. The highest BCUT2D eigenvalue weighted by Crippen LogP contribution is 2.28. The van der Waals surface area contributed by atoms with Gasteiger partial charge in [-0.25, -0.2) is 0 Å². The number of hydrogen-bond donors (Lipinski definition) is 1. The zero-order chi connectivity index (χ0) is 24.9. The molecule has 7 nitrogen and oxygen atoms in total. The second-order valence-electron chi connectivity index (χ2n) is 8.35. The van der Waals surface area contributed by atoms with E-state index >= 15 is 0 Å². The summed E-state index contributed by atoms with van der Waals surface area (Å²) in [5.74, 6) is 2.32. The molecule has 0 saturated heterocycles. The third kappa shape index (κ3) is 5.13. The molecule has 5 rings (SSSR count). The van der Waals surface area contributed by atoms with Crippen molar-refractivity contribution in [1.82, 2.24) is 20.1 Å². The Balaban J connectivity index is 1.33. The van der Waals surface area contributed by atoms with Crippen LogP contribution >= 0.6 is 11.8 Å². The molecule has 5 aromatic rings. The molecule has 8 heteroatoms. The van der Waals surface area contributed by atoms with Crippen molar-refractivity contribution in [3.63, 3.8) is 0 Å². The lowest BCUT2D eigenvalue weighted by Gasteiger charge is -2.16. The summed E-state index contributed by atoms with van der Waals surface area (Å²) in [7, 11) is 1.63. The third-order valence-electron chi connectivity index (χ3n) is 5.94. The molecule has 0 aliphatic rings. The number of carbonyl (C=O) groups is 1. The fourth-order valence-electron chi connectivity index (χ4n) is 4.19. The Bertz CT molecular complexity index is 1470. The summed E-state index contributed by atoms with van der Waals surface area (Å²) in [6.07, 6.45) is 1.64. The monoisotopic (exact) mass is 498 g/mol. The van der Waals surface area contributed by atoms with Crippen LogP contribution in [0.4, 0.5) is 0 Å². The SMILES string of the molecule is COc1cccc(-c2nnc(SCC(=O)NC(C)c3cccc4ccccc34)n2Cc2ccco2)c1. The lowest BCUT2D eigenvalue weighted by molar-refractivity contribution is -0.119. The number of aromatic nitrogens is 3. The van der Waals surface area contributed by atoms with Crippen molar-refractivity contribution in [3.8, 4) is 17.1 Å². The first kappa shape index (κ1) is 23.7. The van der Waals surface area contributed by atoms with Gasteiger partial charge in [0.25, 0.3) is 0 Å². The fourth-order valence-corrected chi connectivity index (χ4v) is 4.94. The van der Waals surface area contributed by atoms with E-state index in [0.29, 0.717) is 17.5 Å². The molecule has 1 atom stereocenters. The van der Waals surface area contributed by atoms with Crippen LogP contribution in [0.5, 0.6) is 5.75 Å². The van der Waals surface area contributed by atoms with Crippen molar-refractivity contribution in [3.05, 3.63) is 96.4 Å². The molecule has 2 aromatic heterocycles. The number of hydrogen-bond acceptors (Lipinski definition) is 6. The van der Waals surface area contributed by atoms with E-state index in [2.05, 4.69) is 39.8 Å². The van der Waals surface area contributed by atoms with Gasteiger partial charge in [-0.15, -0.1) is 10.2 Å². The standard InChI is InChI=1S/C28H26N4O3S/c1-19(24-14-6-9-20-8-3-4-13-25(20)24)29-26(33)18-36-28-31-30-27(21-10-5-11-22(16-21)34-2)32(28)17-23-12-7-15-35-23/h3-16,19H,17-18H2,1-2H3,(H,29,33). The second kappa shape index (κ2) is 10.7. The molecule has 182 valence electrons. The van der Waals surface area contributed by atoms with Crippen molar-refractivity contribution in [2.75, 3.05) is 12.9 Å². The molecule has 36 heavy (non-hydrogen) atoms. The first-order valence-electron chi connectivity index (χ1n) is 11.6. The Hall–Kier alpha value is -4.04. The number of thioether (sulfide) groups is 1. The quantitative estimate of drug-likeness (QED) is 0.262. The summed E-state index contributed by atoms with van der Waals surface area (Å²) in [4.78, 5) is 12.9. The number of nitrogens with one attached hydrogen (secondary N) is 1. The van der Waals surface area contributed by atoms with Gasteiger partial charge in [-0.3, -0.25) is 9.36 Å². The molecular weight excluding hydrogens is 472 g/mol. The van der Waals surface area contributed by atoms with Crippen LogP contribution in [0.3, 0.4) is 0 Å². The van der Waals surface area contributed by atoms with Gasteiger partial charge in [-0.1, -0.05) is 66.4 Å². The van der Waals surface area contributed by atoms with Gasteiger partial charge >= 0.3 is 0 Å². The van der Waals surface area contributed by atoms with Crippen molar-refractivity contribution in [2.24, 2.45) is 0 Å². The zero-order valence-electron chi connectivity index (χ0n) is 20.0. The van der Waals surface area contributed by atoms with E-state index in [0.717, 1.165) is 33.4 Å². The van der Waals surface area contributed by atoms with Crippen LogP contribution in [0, 0.1) is 0 Å². The zero-order valence-corrected chi connectivity index (χ0v) is 20.9. The predicted octanol–water partition coefficient (Wildman–Crippen LogP) is 5.72. The van der Waals surface area contributed by atoms with Gasteiger partial charge in [0.2, 0.25) is 5.91 Å². The fraction of sp³-hybridized carbons (Fsp3) is 0.179. The number of fused-ring (bicyclic) bond motifs is 1. The number of methoxy groups -OCH3 is 1. The minimum atomic E-state index is -0.127. The Morgan fingerprint density at radius 3 is 2.72 bits per heavy atom. The van der Waals surface area contributed by atoms with E-state index < -0.39 is 0 Å². The Kier molecular flexibility index (Phi) is 7.04. The Morgan fingerprint density at radius 1 is 1.06 bits per heavy atom. The van der Waals surface area contributed by atoms with Crippen LogP contribution in [0.25, 0.3) is 22.2 Å². The van der Waals surface area contributed by atoms with Gasteiger partial charge < -0.3 is 14.5 Å². The molecule has 1 amide bonds. The highest BCUT2D eigenvalue weighted by atomic mass is 32.2. The molecule has 0 radical (unpaired) electrons. The minimum absolute atomic E-state index is 0.0732. The Labute approximate surface area is 213 Å². The molecule has 1 unspecified atom stereocenters. The first-order chi connectivity index (χ1) is 17.6. The average molecular weight is 499 g/mol. The maximum Gasteiger partial charge on any atom is 0.230 e. The van der Waals surface area contributed by atoms with E-state index in [4.69, 9.17) is 9.15 Å². The number of carbonyl (C=O) groups excluding carboxylic acids is 1. The highest BCUT2D eigenvalue weighted by molar-refractivity contribution is 7.99. The van der Waals surface area contributed by atoms with Crippen LogP contribution in [-0.4, -0.2) is 33.5 Å². The van der Waals surface area contributed by atoms with Crippen LogP contribution in [0.1, 0.15) is 24.3 Å². The van der Waals surface area contributed by atoms with E-state index in [-0.39, 0.29) is 17.7 Å². The summed E-state index contributed by atoms with van der Waals surface area (Å²) in [5.41, 5.74) is 1.96. The van der Waals surface area contributed by atoms with Crippen LogP contribution in [0.2, 0.25) is 0 Å². The molecule has 2 heterocycles. The molecule has 0 fully saturated rings. The number of ether oxygens (including phenoxy) is 1. The predicted molar refractivity (Wildman–Crippen MR) is 141 cm³/mol. The summed E-state index contributed by atoms with van der Waals surface area (Å²) < 4.78 is 12.9. The molecule has 0 spiro atoms. The molecule has 1 N–H and O–H groups in total. The summed E-state index contributed by atoms with van der Waals surface area (Å²) in [5, 5.41) is 14.9. The minimum Gasteiger partial charge on any atom is -0.497 e. The van der Waals surface area contributed by atoms with Crippen molar-refractivity contribution < 1.29 is 13.9 Å². The topological polar surface area (TPSA) is 82.2 Å². The Morgan fingerprint density at radius 2 is 1.89 bits per heavy atom. The van der Waals surface area contributed by atoms with Crippen LogP contribution in [0.15, 0.2) is 94.7 Å². The van der Waals surface area contributed by atoms with Crippen molar-refractivity contribution in [1.29, 1.82) is 0 Å². The molecule has 3 aromatic carbocycles. The normalized spacial score (nSPS) is 11.9. The number of amides is 1. The van der Waals surface area contributed by atoms with Gasteiger partial charge in [-0.05, 0) is 47.5 Å². The summed E-state index contributed by atoms with van der Waals surface area (Å²) >= 11 is 1.35. The molecule has 0 aliphatic carbocycles. The first-order valence-corrected chi connectivity index (χ1v) is 12.6. The lowest BCUT2D eigenvalue weighted by Crippen LogP contribution is -2.28. The second-order valence-corrected chi connectivity index (χ2v) is 9.29. The van der Waals surface area contributed by atoms with E-state index in [1.165, 1.54) is 11.8 Å². The maximum absolute atomic E-state index is 12.9. The maximum atomic E-state index is 12.9. The van der Waals surface area contributed by atoms with Gasteiger partial charge in [0.1, 0.15) is 11.5 Å². The largest absolute Gasteiger partial charge is 0.497 e. The van der Waals surface area contributed by atoms with Gasteiger partial charge in [0, 0.05) is 5.56 Å². The van der Waals surface area contributed by atoms with Crippen molar-refractivity contribution >= 4 is 28.4 Å². The molecule has 0 bridgehead atoms. The highest BCUT2D eigenvalue weighted by Gasteiger charge is 2.19. The van der Waals surface area contributed by atoms with Gasteiger partial charge in [0.15, 0.2) is 11.0 Å². The van der Waals surface area contributed by atoms with E-state index in [9.17, 15) is 4.79 Å². The van der Waals surface area contributed by atoms with Gasteiger partial charge in [-0.2, -0.15) is 0 Å². The van der Waals surface area contributed by atoms with Gasteiger partial charge in [0.05, 0.1) is 31.7 Å². The van der Waals surface area contributed by atoms with E-state index in [1.54, 1.807) is 13.4 Å².